The van der Waals surface area contributed by atoms with Gasteiger partial charge in [0.25, 0.3) is 0 Å². The molecule has 0 saturated heterocycles. The highest BCUT2D eigenvalue weighted by atomic mass is 35.5. The van der Waals surface area contributed by atoms with E-state index in [4.69, 9.17) is 11.6 Å². The summed E-state index contributed by atoms with van der Waals surface area (Å²) in [7, 11) is 0. The van der Waals surface area contributed by atoms with Crippen molar-refractivity contribution in [1.82, 2.24) is 5.43 Å². The molecule has 0 fully saturated rings. The molecule has 1 atom stereocenters. The Balaban J connectivity index is 2.80. The fourth-order valence-electron chi connectivity index (χ4n) is 1.18. The second-order valence-corrected chi connectivity index (χ2v) is 3.54. The van der Waals surface area contributed by atoms with Gasteiger partial charge in [-0.15, -0.1) is 0 Å². The van der Waals surface area contributed by atoms with Crippen LogP contribution in [0.1, 0.15) is 20.8 Å². The number of aliphatic imine (C=N–C) groups is 2. The summed E-state index contributed by atoms with van der Waals surface area (Å²) in [6.45, 7) is 5.66. The lowest BCUT2D eigenvalue weighted by Crippen LogP contribution is -2.20. The third kappa shape index (κ3) is 3.62. The highest BCUT2D eigenvalue weighted by Crippen LogP contribution is 2.11. The summed E-state index contributed by atoms with van der Waals surface area (Å²) < 4.78 is 0. The molecule has 1 N–H and O–H groups in total. The molecule has 86 valence electrons. The Labute approximate surface area is 101 Å². The number of nitrogens with zero attached hydrogens (tertiary/aromatic N) is 3. The molecule has 0 bridgehead atoms. The molecule has 0 aromatic carbocycles. The number of dihydropyridines is 1. The van der Waals surface area contributed by atoms with Crippen molar-refractivity contribution in [2.24, 2.45) is 15.1 Å². The summed E-state index contributed by atoms with van der Waals surface area (Å²) in [6.07, 6.45) is 7.03. The van der Waals surface area contributed by atoms with Gasteiger partial charge in [0, 0.05) is 6.21 Å². The summed E-state index contributed by atoms with van der Waals surface area (Å²) in [5.41, 5.74) is 4.46. The van der Waals surface area contributed by atoms with Crippen molar-refractivity contribution in [1.29, 1.82) is 0 Å². The lowest BCUT2D eigenvalue weighted by atomic mass is 10.2. The fourth-order valence-corrected chi connectivity index (χ4v) is 1.34. The molecular formula is C11H15ClN4. The lowest BCUT2D eigenvalue weighted by Gasteiger charge is -2.11. The van der Waals surface area contributed by atoms with Crippen molar-refractivity contribution in [2.45, 2.75) is 26.9 Å². The predicted molar refractivity (Wildman–Crippen MR) is 70.4 cm³/mol. The van der Waals surface area contributed by atoms with Gasteiger partial charge in [0.15, 0.2) is 0 Å². The van der Waals surface area contributed by atoms with Crippen molar-refractivity contribution >= 4 is 28.7 Å². The van der Waals surface area contributed by atoms with Crippen molar-refractivity contribution in [3.63, 3.8) is 0 Å². The van der Waals surface area contributed by atoms with Gasteiger partial charge in [-0.2, -0.15) is 5.10 Å². The average molecular weight is 239 g/mol. The zero-order chi connectivity index (χ0) is 12.0. The molecule has 1 aliphatic rings. The summed E-state index contributed by atoms with van der Waals surface area (Å²) in [4.78, 5) is 8.61. The quantitative estimate of drug-likeness (QED) is 0.596. The van der Waals surface area contributed by atoms with E-state index in [9.17, 15) is 0 Å². The predicted octanol–water partition coefficient (Wildman–Crippen LogP) is 2.48. The first-order valence-corrected chi connectivity index (χ1v) is 5.45. The van der Waals surface area contributed by atoms with Crippen LogP contribution in [0.4, 0.5) is 0 Å². The van der Waals surface area contributed by atoms with E-state index in [-0.39, 0.29) is 6.17 Å². The maximum absolute atomic E-state index is 5.80. The van der Waals surface area contributed by atoms with E-state index in [1.54, 1.807) is 12.3 Å². The van der Waals surface area contributed by atoms with E-state index in [1.165, 1.54) is 0 Å². The monoisotopic (exact) mass is 238 g/mol. The molecule has 1 unspecified atom stereocenters. The fraction of sp³-hybridized carbons (Fsp3) is 0.364. The second-order valence-electron chi connectivity index (χ2n) is 3.15. The van der Waals surface area contributed by atoms with Gasteiger partial charge < -0.3 is 0 Å². The van der Waals surface area contributed by atoms with Gasteiger partial charge in [0.1, 0.15) is 11.3 Å². The molecule has 1 rings (SSSR count). The topological polar surface area (TPSA) is 49.1 Å². The molecule has 0 aliphatic carbocycles. The molecule has 0 aromatic rings. The van der Waals surface area contributed by atoms with Crippen LogP contribution in [0, 0.1) is 0 Å². The van der Waals surface area contributed by atoms with E-state index >= 15 is 0 Å². The van der Waals surface area contributed by atoms with Gasteiger partial charge in [-0.3, -0.25) is 10.4 Å². The molecule has 0 spiro atoms. The van der Waals surface area contributed by atoms with E-state index < -0.39 is 0 Å². The van der Waals surface area contributed by atoms with Crippen LogP contribution < -0.4 is 5.43 Å². The Hall–Kier alpha value is -1.42. The molecule has 0 aromatic heterocycles. The summed E-state index contributed by atoms with van der Waals surface area (Å²) in [5, 5.41) is 4.39. The molecule has 5 heteroatoms. The normalized spacial score (nSPS) is 22.9. The number of rotatable bonds is 3. The SMILES string of the molecule is C/C=N\NC(C)/N=C1/C=CC(Cl)=N/C1=C/C. The van der Waals surface area contributed by atoms with Gasteiger partial charge >= 0.3 is 0 Å². The number of hydrogen-bond donors (Lipinski definition) is 1. The van der Waals surface area contributed by atoms with Gasteiger partial charge in [-0.05, 0) is 32.9 Å². The minimum atomic E-state index is -0.0992. The van der Waals surface area contributed by atoms with Crippen LogP contribution in [0.2, 0.25) is 0 Å². The molecule has 0 saturated carbocycles. The smallest absolute Gasteiger partial charge is 0.132 e. The number of allylic oxidation sites excluding steroid dienone is 3. The lowest BCUT2D eigenvalue weighted by molar-refractivity contribution is 0.600. The van der Waals surface area contributed by atoms with Gasteiger partial charge in [-0.1, -0.05) is 17.7 Å². The number of halogens is 1. The first-order valence-electron chi connectivity index (χ1n) is 5.07. The summed E-state index contributed by atoms with van der Waals surface area (Å²) in [5.74, 6) is 0. The molecule has 1 aliphatic heterocycles. The zero-order valence-electron chi connectivity index (χ0n) is 9.61. The van der Waals surface area contributed by atoms with Crippen molar-refractivity contribution in [3.8, 4) is 0 Å². The molecular weight excluding hydrogens is 224 g/mol. The van der Waals surface area contributed by atoms with Crippen molar-refractivity contribution in [3.05, 3.63) is 23.9 Å². The standard InChI is InChI=1S/C11H15ClN4/c1-4-9-10(6-7-11(12)15-9)14-8(3)16-13-5-2/h4-8,16H,1-3H3/b9-4+,13-5-,14-10-. The number of hydrazone groups is 1. The largest absolute Gasteiger partial charge is 0.287 e. The van der Waals surface area contributed by atoms with E-state index in [2.05, 4.69) is 20.5 Å². The highest BCUT2D eigenvalue weighted by Gasteiger charge is 2.09. The number of nitrogens with one attached hydrogen (secondary N) is 1. The minimum absolute atomic E-state index is 0.0992. The summed E-state index contributed by atoms with van der Waals surface area (Å²) in [6, 6.07) is 0. The molecule has 0 radical (unpaired) electrons. The highest BCUT2D eigenvalue weighted by molar-refractivity contribution is 6.69. The molecule has 1 heterocycles. The van der Waals surface area contributed by atoms with Crippen LogP contribution >= 0.6 is 11.6 Å². The average Bonchev–Trinajstić information content (AvgIpc) is 2.28. The minimum Gasteiger partial charge on any atom is -0.287 e. The van der Waals surface area contributed by atoms with Crippen LogP contribution in [0.15, 0.2) is 39.0 Å². The Morgan fingerprint density at radius 1 is 1.44 bits per heavy atom. The van der Waals surface area contributed by atoms with Gasteiger partial charge in [0.05, 0.1) is 11.4 Å². The maximum atomic E-state index is 5.80. The Morgan fingerprint density at radius 3 is 2.81 bits per heavy atom. The van der Waals surface area contributed by atoms with E-state index in [0.717, 1.165) is 11.4 Å². The summed E-state index contributed by atoms with van der Waals surface area (Å²) >= 11 is 5.80. The van der Waals surface area contributed by atoms with Crippen LogP contribution in [-0.2, 0) is 0 Å². The van der Waals surface area contributed by atoms with E-state index in [1.807, 2.05) is 32.9 Å². The van der Waals surface area contributed by atoms with Gasteiger partial charge in [-0.25, -0.2) is 4.99 Å². The second kappa shape index (κ2) is 6.23. The van der Waals surface area contributed by atoms with E-state index in [0.29, 0.717) is 5.17 Å². The third-order valence-corrected chi connectivity index (χ3v) is 2.08. The van der Waals surface area contributed by atoms with Crippen LogP contribution in [-0.4, -0.2) is 23.3 Å². The Kier molecular flexibility index (Phi) is 4.92. The first-order chi connectivity index (χ1) is 7.67. The molecule has 16 heavy (non-hydrogen) atoms. The molecule has 4 nitrogen and oxygen atoms in total. The zero-order valence-corrected chi connectivity index (χ0v) is 10.4. The van der Waals surface area contributed by atoms with Crippen LogP contribution in [0.3, 0.4) is 0 Å². The van der Waals surface area contributed by atoms with Crippen molar-refractivity contribution in [2.75, 3.05) is 0 Å². The first kappa shape index (κ1) is 12.6. The Bertz CT molecular complexity index is 391. The van der Waals surface area contributed by atoms with Gasteiger partial charge in [0.2, 0.25) is 0 Å². The Morgan fingerprint density at radius 2 is 2.19 bits per heavy atom. The van der Waals surface area contributed by atoms with Crippen LogP contribution in [0.25, 0.3) is 0 Å². The maximum Gasteiger partial charge on any atom is 0.132 e. The molecule has 0 amide bonds. The number of hydrogen-bond acceptors (Lipinski definition) is 4. The third-order valence-electron chi connectivity index (χ3n) is 1.87. The van der Waals surface area contributed by atoms with Crippen molar-refractivity contribution < 1.29 is 0 Å². The van der Waals surface area contributed by atoms with Crippen LogP contribution in [0.5, 0.6) is 0 Å².